The van der Waals surface area contributed by atoms with E-state index in [9.17, 15) is 0 Å². The van der Waals surface area contributed by atoms with Crippen molar-refractivity contribution in [2.45, 2.75) is 53.8 Å². The second-order valence-electron chi connectivity index (χ2n) is 8.76. The molecule has 13 N–H and O–H groups in total. The Labute approximate surface area is 162 Å². The van der Waals surface area contributed by atoms with E-state index in [1.54, 1.807) is 0 Å². The molecule has 2 bridgehead atoms. The maximum Gasteiger partial charge on any atom is 0.224 e. The first-order chi connectivity index (χ1) is 13.3. The maximum absolute atomic E-state index is 7.19. The largest absolute Gasteiger partial charge is 0.481 e. The molecule has 3 fully saturated rings. The van der Waals surface area contributed by atoms with Crippen LogP contribution >= 0.6 is 0 Å². The number of nitrogen functional groups attached to an aromatic ring is 3. The maximum atomic E-state index is 7.19. The molecule has 2 aliphatic carbocycles. The Bertz CT molecular complexity index is 904. The molecule has 28 heavy (non-hydrogen) atoms. The van der Waals surface area contributed by atoms with Crippen molar-refractivity contribution in [3.05, 3.63) is 11.1 Å². The van der Waals surface area contributed by atoms with Crippen LogP contribution in [0, 0.1) is 0 Å². The number of anilines is 3. The smallest absolute Gasteiger partial charge is 0.224 e. The first kappa shape index (κ1) is 17.1. The van der Waals surface area contributed by atoms with Gasteiger partial charge in [0.1, 0.15) is 5.75 Å². The Morgan fingerprint density at radius 2 is 1.68 bits per heavy atom. The van der Waals surface area contributed by atoms with Gasteiger partial charge in [0.15, 0.2) is 6.10 Å². The number of fused-ring (bicyclic) bond motifs is 1. The summed E-state index contributed by atoms with van der Waals surface area (Å²) in [6.07, 6.45) is 0.689. The molecule has 0 radical (unpaired) electrons. The molecule has 5 aliphatic rings. The van der Waals surface area contributed by atoms with Crippen LogP contribution in [0.25, 0.3) is 0 Å². The number of benzene rings is 1. The van der Waals surface area contributed by atoms with Crippen LogP contribution in [-0.2, 0) is 21.3 Å². The van der Waals surface area contributed by atoms with E-state index < -0.39 is 34.9 Å². The van der Waals surface area contributed by atoms with Crippen LogP contribution in [0.5, 0.6) is 5.75 Å². The Morgan fingerprint density at radius 3 is 2.39 bits per heavy atom. The molecule has 0 amide bonds. The molecule has 6 unspecified atom stereocenters. The average molecular weight is 389 g/mol. The second-order valence-corrected chi connectivity index (χ2v) is 8.76. The van der Waals surface area contributed by atoms with Gasteiger partial charge in [-0.2, -0.15) is 0 Å². The van der Waals surface area contributed by atoms with Crippen molar-refractivity contribution in [2.24, 2.45) is 17.2 Å². The lowest BCUT2D eigenvalue weighted by Crippen LogP contribution is -2.92. The molecule has 0 aromatic heterocycles. The molecular formula is C18H27N7O3. The van der Waals surface area contributed by atoms with Gasteiger partial charge in [0.2, 0.25) is 5.79 Å². The Kier molecular flexibility index (Phi) is 2.95. The Morgan fingerprint density at radius 1 is 0.964 bits per heavy atom. The van der Waals surface area contributed by atoms with Gasteiger partial charge >= 0.3 is 0 Å². The fraction of sp³-hybridized carbons (Fsp3) is 0.667. The molecular weight excluding hydrogens is 362 g/mol. The van der Waals surface area contributed by atoms with Crippen LogP contribution in [0.4, 0.5) is 17.1 Å². The monoisotopic (exact) mass is 389 g/mol. The standard InChI is InChI=1S/C18H27N7O3/c19-9-6-5-7-17(24)13(22)14(23)18(26-3-4-27-18)15-16(17,1-2-25-7)8(6)12(28-15)11(21)10(9)20/h7,13-15,25H,1-5,19-24H2. The van der Waals surface area contributed by atoms with Crippen molar-refractivity contribution < 1.29 is 14.2 Å². The van der Waals surface area contributed by atoms with E-state index in [1.165, 1.54) is 0 Å². The summed E-state index contributed by atoms with van der Waals surface area (Å²) in [4.78, 5) is 0. The quantitative estimate of drug-likeness (QED) is 0.232. The van der Waals surface area contributed by atoms with Gasteiger partial charge in [-0.25, -0.2) is 0 Å². The summed E-state index contributed by atoms with van der Waals surface area (Å²) < 4.78 is 18.8. The number of rotatable bonds is 0. The fourth-order valence-electron chi connectivity index (χ4n) is 6.74. The van der Waals surface area contributed by atoms with Crippen molar-refractivity contribution in [3.8, 4) is 5.75 Å². The van der Waals surface area contributed by atoms with Gasteiger partial charge in [-0.05, 0) is 24.9 Å². The highest BCUT2D eigenvalue weighted by atomic mass is 16.8. The molecule has 1 saturated carbocycles. The number of ether oxygens (including phenoxy) is 3. The van der Waals surface area contributed by atoms with Crippen molar-refractivity contribution >= 4 is 17.1 Å². The highest BCUT2D eigenvalue weighted by Gasteiger charge is 2.80. The third-order valence-corrected chi connectivity index (χ3v) is 7.98. The van der Waals surface area contributed by atoms with Crippen molar-refractivity contribution in [1.82, 2.24) is 5.32 Å². The summed E-state index contributed by atoms with van der Waals surface area (Å²) in [5, 5.41) is 3.54. The average Bonchev–Trinajstić information content (AvgIpc) is 3.28. The molecule has 2 spiro atoms. The van der Waals surface area contributed by atoms with E-state index >= 15 is 0 Å². The van der Waals surface area contributed by atoms with Gasteiger partial charge < -0.3 is 53.9 Å². The zero-order valence-electron chi connectivity index (χ0n) is 15.5. The SMILES string of the molecule is Nc1c(N)c2c3c(c1N)OC1C4(OCCO4)C(N)C(N)C4(N)C(C2)NCCC314. The topological polar surface area (TPSA) is 196 Å². The van der Waals surface area contributed by atoms with Gasteiger partial charge in [-0.3, -0.25) is 0 Å². The number of nitrogens with two attached hydrogens (primary N) is 6. The summed E-state index contributed by atoms with van der Waals surface area (Å²) in [5.74, 6) is -0.657. The van der Waals surface area contributed by atoms with Gasteiger partial charge in [-0.1, -0.05) is 0 Å². The molecule has 1 aromatic carbocycles. The number of nitrogens with one attached hydrogen (secondary N) is 1. The Hall–Kier alpha value is -1.82. The molecule has 6 atom stereocenters. The zero-order chi connectivity index (χ0) is 19.6. The molecule has 152 valence electrons. The summed E-state index contributed by atoms with van der Waals surface area (Å²) in [6, 6.07) is -1.37. The third-order valence-electron chi connectivity index (χ3n) is 7.98. The van der Waals surface area contributed by atoms with Crippen LogP contribution < -0.4 is 44.5 Å². The van der Waals surface area contributed by atoms with Crippen molar-refractivity contribution in [1.29, 1.82) is 0 Å². The normalized spacial score (nSPS) is 44.4. The first-order valence-corrected chi connectivity index (χ1v) is 9.78. The van der Waals surface area contributed by atoms with Gasteiger partial charge in [-0.15, -0.1) is 0 Å². The first-order valence-electron chi connectivity index (χ1n) is 9.78. The van der Waals surface area contributed by atoms with Crippen LogP contribution in [0.3, 0.4) is 0 Å². The zero-order valence-corrected chi connectivity index (χ0v) is 15.5. The molecule has 3 heterocycles. The molecule has 10 heteroatoms. The fourth-order valence-corrected chi connectivity index (χ4v) is 6.74. The molecule has 3 aliphatic heterocycles. The van der Waals surface area contributed by atoms with Gasteiger partial charge in [0.25, 0.3) is 0 Å². The summed E-state index contributed by atoms with van der Waals surface area (Å²) >= 11 is 0. The van der Waals surface area contributed by atoms with Crippen LogP contribution in [-0.4, -0.2) is 55.3 Å². The van der Waals surface area contributed by atoms with E-state index in [0.717, 1.165) is 17.7 Å². The van der Waals surface area contributed by atoms with Gasteiger partial charge in [0, 0.05) is 17.6 Å². The lowest BCUT2D eigenvalue weighted by Gasteiger charge is -2.67. The third kappa shape index (κ3) is 1.43. The predicted octanol–water partition coefficient (Wildman–Crippen LogP) is -2.54. The van der Waals surface area contributed by atoms with Crippen molar-refractivity contribution in [2.75, 3.05) is 37.0 Å². The van der Waals surface area contributed by atoms with Crippen LogP contribution in [0.15, 0.2) is 0 Å². The number of piperidine rings is 1. The number of hydrogen-bond donors (Lipinski definition) is 7. The van der Waals surface area contributed by atoms with E-state index in [-0.39, 0.29) is 6.04 Å². The van der Waals surface area contributed by atoms with E-state index in [1.807, 2.05) is 0 Å². The van der Waals surface area contributed by atoms with Crippen molar-refractivity contribution in [3.63, 3.8) is 0 Å². The highest BCUT2D eigenvalue weighted by molar-refractivity contribution is 5.89. The summed E-state index contributed by atoms with van der Waals surface area (Å²) in [7, 11) is 0. The molecule has 2 saturated heterocycles. The number of hydrogen-bond acceptors (Lipinski definition) is 10. The summed E-state index contributed by atoms with van der Waals surface area (Å²) in [5.41, 5.74) is 41.0. The molecule has 10 nitrogen and oxygen atoms in total. The summed E-state index contributed by atoms with van der Waals surface area (Å²) in [6.45, 7) is 1.59. The molecule has 1 aromatic rings. The highest BCUT2D eigenvalue weighted by Crippen LogP contribution is 2.66. The van der Waals surface area contributed by atoms with E-state index in [4.69, 9.17) is 48.6 Å². The minimum absolute atomic E-state index is 0.129. The van der Waals surface area contributed by atoms with Crippen LogP contribution in [0.2, 0.25) is 0 Å². The lowest BCUT2D eigenvalue weighted by atomic mass is 9.44. The van der Waals surface area contributed by atoms with E-state index in [0.29, 0.717) is 48.9 Å². The van der Waals surface area contributed by atoms with Gasteiger partial charge in [0.05, 0.1) is 47.3 Å². The lowest BCUT2D eigenvalue weighted by molar-refractivity contribution is -0.272. The predicted molar refractivity (Wildman–Crippen MR) is 103 cm³/mol. The van der Waals surface area contributed by atoms with E-state index in [2.05, 4.69) is 5.32 Å². The van der Waals surface area contributed by atoms with Crippen LogP contribution in [0.1, 0.15) is 17.5 Å². The second kappa shape index (κ2) is 4.84. The Balaban J connectivity index is 1.73. The minimum atomic E-state index is -1.19. The minimum Gasteiger partial charge on any atom is -0.481 e. The molecule has 6 rings (SSSR count).